The Bertz CT molecular complexity index is 420. The highest BCUT2D eigenvalue weighted by molar-refractivity contribution is 5.13. The van der Waals surface area contributed by atoms with Gasteiger partial charge in [-0.05, 0) is 18.5 Å². The van der Waals surface area contributed by atoms with E-state index in [0.717, 1.165) is 26.1 Å². The molecule has 0 aliphatic heterocycles. The molecule has 0 aliphatic rings. The van der Waals surface area contributed by atoms with Crippen molar-refractivity contribution in [1.29, 1.82) is 0 Å². The summed E-state index contributed by atoms with van der Waals surface area (Å²) in [4.78, 5) is 0. The van der Waals surface area contributed by atoms with Crippen LogP contribution in [0.25, 0.3) is 0 Å². The molecule has 16 heavy (non-hydrogen) atoms. The number of aromatic nitrogens is 2. The molecule has 0 radical (unpaired) electrons. The van der Waals surface area contributed by atoms with Crippen LogP contribution in [0.5, 0.6) is 0 Å². The van der Waals surface area contributed by atoms with E-state index in [1.54, 1.807) is 0 Å². The number of hydrogen-bond acceptors (Lipinski definition) is 1. The molecule has 2 N–H and O–H groups in total. The maximum absolute atomic E-state index is 5.49. The van der Waals surface area contributed by atoms with Crippen LogP contribution in [0.1, 0.15) is 12.0 Å². The van der Waals surface area contributed by atoms with Gasteiger partial charge in [-0.2, -0.15) is 0 Å². The maximum Gasteiger partial charge on any atom is 0.244 e. The number of hydrogen-bond donors (Lipinski definition) is 1. The summed E-state index contributed by atoms with van der Waals surface area (Å²) in [5, 5.41) is 0. The van der Waals surface area contributed by atoms with Crippen LogP contribution in [0.15, 0.2) is 49.1 Å². The molecule has 1 aromatic heterocycles. The normalized spacial score (nSPS) is 10.6. The van der Waals surface area contributed by atoms with Crippen LogP contribution in [-0.4, -0.2) is 11.1 Å². The van der Waals surface area contributed by atoms with Gasteiger partial charge in [0.1, 0.15) is 18.9 Å². The molecular formula is C13H18N3+. The van der Waals surface area contributed by atoms with Crippen molar-refractivity contribution in [2.75, 3.05) is 6.54 Å². The fourth-order valence-corrected chi connectivity index (χ4v) is 1.73. The molecule has 2 aromatic rings. The highest BCUT2D eigenvalue weighted by Gasteiger charge is 2.03. The van der Waals surface area contributed by atoms with Crippen LogP contribution in [0.4, 0.5) is 0 Å². The van der Waals surface area contributed by atoms with Crippen LogP contribution < -0.4 is 10.3 Å². The molecule has 0 aliphatic carbocycles. The van der Waals surface area contributed by atoms with E-state index in [0.29, 0.717) is 0 Å². The lowest BCUT2D eigenvalue weighted by Gasteiger charge is -1.96. The summed E-state index contributed by atoms with van der Waals surface area (Å²) in [7, 11) is 0. The standard InChI is InChI=1S/C13H18N3/c14-7-4-8-15-9-10-16(12-15)11-13-5-2-1-3-6-13/h1-3,5-6,9-10,12H,4,7-8,11,14H2/q+1. The number of rotatable bonds is 5. The minimum Gasteiger partial charge on any atom is -0.330 e. The fraction of sp³-hybridized carbons (Fsp3) is 0.308. The SMILES string of the molecule is NCCCn1cc[n+](Cc2ccccc2)c1. The van der Waals surface area contributed by atoms with Crippen LogP contribution in [0.2, 0.25) is 0 Å². The maximum atomic E-state index is 5.49. The van der Waals surface area contributed by atoms with Gasteiger partial charge in [0.25, 0.3) is 0 Å². The van der Waals surface area contributed by atoms with Gasteiger partial charge in [0.2, 0.25) is 6.33 Å². The van der Waals surface area contributed by atoms with E-state index >= 15 is 0 Å². The molecule has 1 aromatic carbocycles. The monoisotopic (exact) mass is 216 g/mol. The number of imidazole rings is 1. The predicted octanol–water partition coefficient (Wildman–Crippen LogP) is 1.17. The smallest absolute Gasteiger partial charge is 0.244 e. The Balaban J connectivity index is 1.97. The van der Waals surface area contributed by atoms with E-state index in [9.17, 15) is 0 Å². The van der Waals surface area contributed by atoms with Gasteiger partial charge < -0.3 is 5.73 Å². The third-order valence-electron chi connectivity index (χ3n) is 2.57. The lowest BCUT2D eigenvalue weighted by atomic mass is 10.2. The Hall–Kier alpha value is -1.61. The van der Waals surface area contributed by atoms with Crippen LogP contribution in [0.3, 0.4) is 0 Å². The Morgan fingerprint density at radius 1 is 1.19 bits per heavy atom. The molecule has 0 amide bonds. The summed E-state index contributed by atoms with van der Waals surface area (Å²) >= 11 is 0. The number of benzene rings is 1. The molecule has 84 valence electrons. The lowest BCUT2D eigenvalue weighted by Crippen LogP contribution is -2.31. The molecule has 3 nitrogen and oxygen atoms in total. The fourth-order valence-electron chi connectivity index (χ4n) is 1.73. The summed E-state index contributed by atoms with van der Waals surface area (Å²) < 4.78 is 4.36. The number of nitrogens with zero attached hydrogens (tertiary/aromatic N) is 2. The van der Waals surface area contributed by atoms with Crippen molar-refractivity contribution in [3.63, 3.8) is 0 Å². The first-order valence-corrected chi connectivity index (χ1v) is 5.67. The molecule has 0 bridgehead atoms. The zero-order chi connectivity index (χ0) is 11.2. The summed E-state index contributed by atoms with van der Waals surface area (Å²) in [5.74, 6) is 0. The highest BCUT2D eigenvalue weighted by Crippen LogP contribution is 1.97. The molecule has 0 saturated carbocycles. The predicted molar refractivity (Wildman–Crippen MR) is 63.8 cm³/mol. The number of aryl methyl sites for hydroxylation is 1. The first-order valence-electron chi connectivity index (χ1n) is 5.67. The second-order valence-corrected chi connectivity index (χ2v) is 3.95. The van der Waals surface area contributed by atoms with Crippen LogP contribution in [0, 0.1) is 0 Å². The van der Waals surface area contributed by atoms with Gasteiger partial charge in [0.15, 0.2) is 0 Å². The van der Waals surface area contributed by atoms with E-state index in [-0.39, 0.29) is 0 Å². The van der Waals surface area contributed by atoms with E-state index in [4.69, 9.17) is 5.73 Å². The first kappa shape index (κ1) is 10.9. The Kier molecular flexibility index (Phi) is 3.72. The average Bonchev–Trinajstić information content (AvgIpc) is 2.75. The number of nitrogens with two attached hydrogens (primary N) is 1. The molecule has 0 fully saturated rings. The van der Waals surface area contributed by atoms with Gasteiger partial charge in [-0.15, -0.1) is 0 Å². The third-order valence-corrected chi connectivity index (χ3v) is 2.57. The van der Waals surface area contributed by atoms with Crippen LogP contribution >= 0.6 is 0 Å². The Morgan fingerprint density at radius 2 is 2.00 bits per heavy atom. The van der Waals surface area contributed by atoms with Crippen molar-refractivity contribution in [3.05, 3.63) is 54.6 Å². The Labute approximate surface area is 96.1 Å². The molecule has 1 heterocycles. The lowest BCUT2D eigenvalue weighted by molar-refractivity contribution is -0.687. The third kappa shape index (κ3) is 2.94. The van der Waals surface area contributed by atoms with Gasteiger partial charge in [-0.3, -0.25) is 0 Å². The molecule has 3 heteroatoms. The largest absolute Gasteiger partial charge is 0.330 e. The minimum absolute atomic E-state index is 0.747. The minimum atomic E-state index is 0.747. The van der Waals surface area contributed by atoms with Gasteiger partial charge in [0, 0.05) is 0 Å². The van der Waals surface area contributed by atoms with E-state index in [1.807, 2.05) is 6.07 Å². The highest BCUT2D eigenvalue weighted by atomic mass is 15.1. The second kappa shape index (κ2) is 5.47. The summed E-state index contributed by atoms with van der Waals surface area (Å²) in [6, 6.07) is 10.5. The second-order valence-electron chi connectivity index (χ2n) is 3.95. The van der Waals surface area contributed by atoms with E-state index in [2.05, 4.69) is 52.1 Å². The summed E-state index contributed by atoms with van der Waals surface area (Å²) in [5.41, 5.74) is 6.81. The zero-order valence-corrected chi connectivity index (χ0v) is 9.42. The van der Waals surface area contributed by atoms with Gasteiger partial charge >= 0.3 is 0 Å². The van der Waals surface area contributed by atoms with Crippen molar-refractivity contribution in [1.82, 2.24) is 4.57 Å². The van der Waals surface area contributed by atoms with Crippen molar-refractivity contribution in [3.8, 4) is 0 Å². The van der Waals surface area contributed by atoms with Gasteiger partial charge in [-0.25, -0.2) is 9.13 Å². The molecule has 0 spiro atoms. The molecule has 2 rings (SSSR count). The van der Waals surface area contributed by atoms with Crippen molar-refractivity contribution in [2.45, 2.75) is 19.5 Å². The quantitative estimate of drug-likeness (QED) is 0.748. The van der Waals surface area contributed by atoms with Crippen molar-refractivity contribution < 1.29 is 4.57 Å². The molecular weight excluding hydrogens is 198 g/mol. The topological polar surface area (TPSA) is 34.8 Å². The Morgan fingerprint density at radius 3 is 2.75 bits per heavy atom. The van der Waals surface area contributed by atoms with Crippen molar-refractivity contribution >= 4 is 0 Å². The van der Waals surface area contributed by atoms with Crippen molar-refractivity contribution in [2.24, 2.45) is 5.73 Å². The summed E-state index contributed by atoms with van der Waals surface area (Å²) in [6.07, 6.45) is 7.35. The van der Waals surface area contributed by atoms with Gasteiger partial charge in [-0.1, -0.05) is 30.3 Å². The zero-order valence-electron chi connectivity index (χ0n) is 9.42. The van der Waals surface area contributed by atoms with E-state index < -0.39 is 0 Å². The average molecular weight is 216 g/mol. The van der Waals surface area contributed by atoms with Gasteiger partial charge in [0.05, 0.1) is 6.54 Å². The summed E-state index contributed by atoms with van der Waals surface area (Å²) in [6.45, 7) is 2.67. The van der Waals surface area contributed by atoms with E-state index in [1.165, 1.54) is 5.56 Å². The molecule has 0 unspecified atom stereocenters. The first-order chi connectivity index (χ1) is 7.88. The molecule has 0 saturated heterocycles. The van der Waals surface area contributed by atoms with Crippen LogP contribution in [-0.2, 0) is 13.1 Å². The molecule has 0 atom stereocenters.